The minimum Gasteiger partial charge on any atom is -0.486 e. The van der Waals surface area contributed by atoms with Crippen molar-refractivity contribution in [3.8, 4) is 17.0 Å². The average Bonchev–Trinajstić information content (AvgIpc) is 3.45. The molecule has 0 bridgehead atoms. The van der Waals surface area contributed by atoms with Crippen molar-refractivity contribution in [3.05, 3.63) is 136 Å². The normalized spacial score (nSPS) is 11.9. The van der Waals surface area contributed by atoms with Crippen LogP contribution in [0.4, 0.5) is 5.82 Å². The molecule has 1 atom stereocenters. The van der Waals surface area contributed by atoms with Gasteiger partial charge in [-0.25, -0.2) is 9.97 Å². The van der Waals surface area contributed by atoms with Crippen LogP contribution in [-0.4, -0.2) is 24.5 Å². The van der Waals surface area contributed by atoms with Gasteiger partial charge in [0.1, 0.15) is 18.2 Å². The Morgan fingerprint density at radius 2 is 1.85 bits per heavy atom. The molecule has 4 heterocycles. The van der Waals surface area contributed by atoms with E-state index < -0.39 is 0 Å². The number of hydrogen-bond acceptors (Lipinski definition) is 6. The fourth-order valence-corrected chi connectivity index (χ4v) is 4.95. The van der Waals surface area contributed by atoms with Gasteiger partial charge in [-0.3, -0.25) is 9.78 Å². The minimum atomic E-state index is -0.320. The third-order valence-corrected chi connectivity index (χ3v) is 7.12. The summed E-state index contributed by atoms with van der Waals surface area (Å²) in [5.74, 6) is 1.13. The van der Waals surface area contributed by atoms with E-state index in [1.54, 1.807) is 24.5 Å². The van der Waals surface area contributed by atoms with Crippen molar-refractivity contribution in [2.75, 3.05) is 5.32 Å². The van der Waals surface area contributed by atoms with Crippen molar-refractivity contribution < 1.29 is 4.74 Å². The summed E-state index contributed by atoms with van der Waals surface area (Å²) in [6, 6.07) is 24.8. The predicted molar refractivity (Wildman–Crippen MR) is 161 cm³/mol. The van der Waals surface area contributed by atoms with Crippen LogP contribution in [0.2, 0.25) is 5.02 Å². The molecule has 204 valence electrons. The Hall–Kier alpha value is -4.95. The van der Waals surface area contributed by atoms with Gasteiger partial charge in [0.15, 0.2) is 0 Å². The van der Waals surface area contributed by atoms with Crippen molar-refractivity contribution in [1.82, 2.24) is 24.5 Å². The Bertz CT molecular complexity index is 1850. The number of aromatic amines is 1. The van der Waals surface area contributed by atoms with Gasteiger partial charge >= 0.3 is 0 Å². The third-order valence-electron chi connectivity index (χ3n) is 6.82. The van der Waals surface area contributed by atoms with Crippen molar-refractivity contribution >= 4 is 28.3 Å². The summed E-state index contributed by atoms with van der Waals surface area (Å²) in [5.41, 5.74) is 4.93. The lowest BCUT2D eigenvalue weighted by Gasteiger charge is -2.16. The molecule has 0 aliphatic rings. The zero-order valence-electron chi connectivity index (χ0n) is 22.3. The zero-order chi connectivity index (χ0) is 28.2. The predicted octanol–water partition coefficient (Wildman–Crippen LogP) is 6.64. The molecule has 0 saturated heterocycles. The van der Waals surface area contributed by atoms with Gasteiger partial charge in [0.2, 0.25) is 0 Å². The number of ether oxygens (including phenoxy) is 1. The number of imidazole rings is 1. The summed E-state index contributed by atoms with van der Waals surface area (Å²) in [4.78, 5) is 29.2. The highest BCUT2D eigenvalue weighted by Crippen LogP contribution is 2.31. The summed E-state index contributed by atoms with van der Waals surface area (Å²) >= 11 is 6.53. The van der Waals surface area contributed by atoms with Crippen molar-refractivity contribution in [2.24, 2.45) is 0 Å². The van der Waals surface area contributed by atoms with E-state index in [0.29, 0.717) is 34.2 Å². The van der Waals surface area contributed by atoms with Crippen molar-refractivity contribution in [3.63, 3.8) is 0 Å². The maximum absolute atomic E-state index is 13.1. The Labute approximate surface area is 241 Å². The Morgan fingerprint density at radius 3 is 2.68 bits per heavy atom. The van der Waals surface area contributed by atoms with E-state index in [2.05, 4.69) is 42.0 Å². The van der Waals surface area contributed by atoms with Crippen LogP contribution in [0.5, 0.6) is 5.75 Å². The molecule has 2 N–H and O–H groups in total. The van der Waals surface area contributed by atoms with E-state index in [1.807, 2.05) is 74.0 Å². The number of aromatic nitrogens is 5. The average molecular weight is 563 g/mol. The number of fused-ring (bicyclic) bond motifs is 1. The van der Waals surface area contributed by atoms with Crippen LogP contribution in [-0.2, 0) is 13.2 Å². The first kappa shape index (κ1) is 26.3. The molecule has 8 nitrogen and oxygen atoms in total. The lowest BCUT2D eigenvalue weighted by Crippen LogP contribution is -2.19. The molecule has 0 saturated carbocycles. The smallest absolute Gasteiger partial charge is 0.253 e. The maximum Gasteiger partial charge on any atom is 0.253 e. The number of nitrogens with zero attached hydrogens (tertiary/aromatic N) is 4. The molecule has 0 spiro atoms. The third kappa shape index (κ3) is 5.97. The van der Waals surface area contributed by atoms with E-state index >= 15 is 0 Å². The largest absolute Gasteiger partial charge is 0.486 e. The van der Waals surface area contributed by atoms with Crippen molar-refractivity contribution in [2.45, 2.75) is 26.1 Å². The second-order valence-electron chi connectivity index (χ2n) is 9.72. The lowest BCUT2D eigenvalue weighted by atomic mass is 10.1. The molecule has 0 aliphatic heterocycles. The zero-order valence-corrected chi connectivity index (χ0v) is 23.0. The van der Waals surface area contributed by atoms with E-state index in [9.17, 15) is 4.79 Å². The summed E-state index contributed by atoms with van der Waals surface area (Å²) in [5, 5.41) is 4.63. The van der Waals surface area contributed by atoms with Crippen LogP contribution in [0.25, 0.3) is 22.2 Å². The SMILES string of the molecule is C[C@H](Nc1cc(-c2cncn2Cc2ccccc2)ccn1)c1cc2cc(Cl)c(OCc3ccccn3)cc2[nH]c1=O. The Kier molecular flexibility index (Phi) is 7.47. The second kappa shape index (κ2) is 11.7. The first-order chi connectivity index (χ1) is 20.0. The molecule has 9 heteroatoms. The van der Waals surface area contributed by atoms with Gasteiger partial charge in [-0.15, -0.1) is 0 Å². The van der Waals surface area contributed by atoms with Crippen LogP contribution in [0.3, 0.4) is 0 Å². The van der Waals surface area contributed by atoms with Crippen molar-refractivity contribution in [1.29, 1.82) is 0 Å². The molecule has 0 unspecified atom stereocenters. The number of anilines is 1. The van der Waals surface area contributed by atoms with Gasteiger partial charge in [-0.2, -0.15) is 0 Å². The molecule has 0 amide bonds. The topological polar surface area (TPSA) is 97.7 Å². The highest BCUT2D eigenvalue weighted by atomic mass is 35.5. The van der Waals surface area contributed by atoms with Gasteiger partial charge in [-0.1, -0.05) is 48.0 Å². The molecular formula is C32H27ClN6O2. The van der Waals surface area contributed by atoms with E-state index in [0.717, 1.165) is 22.3 Å². The number of rotatable bonds is 9. The number of hydrogen-bond donors (Lipinski definition) is 2. The minimum absolute atomic E-state index is 0.201. The molecule has 6 aromatic rings. The first-order valence-electron chi connectivity index (χ1n) is 13.2. The van der Waals surface area contributed by atoms with Crippen LogP contribution >= 0.6 is 11.6 Å². The summed E-state index contributed by atoms with van der Waals surface area (Å²) < 4.78 is 7.97. The molecule has 0 aliphatic carbocycles. The van der Waals surface area contributed by atoms with Gasteiger partial charge in [0.05, 0.1) is 40.5 Å². The van der Waals surface area contributed by atoms with E-state index in [4.69, 9.17) is 16.3 Å². The number of benzene rings is 2. The van der Waals surface area contributed by atoms with Crippen LogP contribution in [0, 0.1) is 0 Å². The molecule has 6 rings (SSSR count). The highest BCUT2D eigenvalue weighted by molar-refractivity contribution is 6.32. The Morgan fingerprint density at radius 1 is 1.00 bits per heavy atom. The lowest BCUT2D eigenvalue weighted by molar-refractivity contribution is 0.302. The number of H-pyrrole nitrogens is 1. The molecular weight excluding hydrogens is 536 g/mol. The molecule has 41 heavy (non-hydrogen) atoms. The number of halogens is 1. The number of pyridine rings is 3. The van der Waals surface area contributed by atoms with Crippen LogP contribution in [0.15, 0.2) is 109 Å². The van der Waals surface area contributed by atoms with Crippen LogP contribution in [0.1, 0.15) is 29.8 Å². The maximum atomic E-state index is 13.1. The summed E-state index contributed by atoms with van der Waals surface area (Å²) in [6.45, 7) is 2.91. The summed E-state index contributed by atoms with van der Waals surface area (Å²) in [6.07, 6.45) is 7.13. The Balaban J connectivity index is 1.21. The van der Waals surface area contributed by atoms with Gasteiger partial charge < -0.3 is 19.6 Å². The molecule has 2 aromatic carbocycles. The van der Waals surface area contributed by atoms with Gasteiger partial charge in [0.25, 0.3) is 5.56 Å². The second-order valence-corrected chi connectivity index (χ2v) is 10.1. The monoisotopic (exact) mass is 562 g/mol. The van der Waals surface area contributed by atoms with E-state index in [1.165, 1.54) is 5.56 Å². The molecule has 0 fully saturated rings. The van der Waals surface area contributed by atoms with Crippen LogP contribution < -0.4 is 15.6 Å². The fourth-order valence-electron chi connectivity index (χ4n) is 4.73. The van der Waals surface area contributed by atoms with Gasteiger partial charge in [-0.05, 0) is 48.9 Å². The molecule has 0 radical (unpaired) electrons. The standard InChI is InChI=1S/C32H27ClN6O2/c1-21(37-31-15-23(10-12-36-31)29-17-34-20-39(29)18-22-7-3-2-4-8-22)26-13-24-14-27(33)30(16-28(24)38-32(26)40)41-19-25-9-5-6-11-35-25/h2-17,20-21H,18-19H2,1H3,(H,36,37)(H,38,40)/t21-/m0/s1. The fraction of sp³-hybridized carbons (Fsp3) is 0.125. The van der Waals surface area contributed by atoms with E-state index in [-0.39, 0.29) is 18.2 Å². The summed E-state index contributed by atoms with van der Waals surface area (Å²) in [7, 11) is 0. The molecule has 4 aromatic heterocycles. The first-order valence-corrected chi connectivity index (χ1v) is 13.6. The van der Waals surface area contributed by atoms with Gasteiger partial charge in [0, 0.05) is 41.5 Å². The highest BCUT2D eigenvalue weighted by Gasteiger charge is 2.15. The number of nitrogens with one attached hydrogen (secondary N) is 2. The quantitative estimate of drug-likeness (QED) is 0.205.